The molecule has 35 heavy (non-hydrogen) atoms. The molecule has 3 aromatic carbocycles. The molecule has 0 aromatic heterocycles. The number of nitrogens with zero attached hydrogens (tertiary/aromatic N) is 3. The van der Waals surface area contributed by atoms with Crippen molar-refractivity contribution in [2.24, 2.45) is 10.1 Å². The SMILES string of the molecule is COc1ccc(C2=NN(C3=NC(=O)S/C3=C\c3ccccc3OC)C(c3ccccc3O)C2)cc1. The number of methoxy groups -OCH3 is 2. The zero-order chi connectivity index (χ0) is 24.4. The van der Waals surface area contributed by atoms with Crippen LogP contribution in [0.5, 0.6) is 17.2 Å². The van der Waals surface area contributed by atoms with Crippen LogP contribution < -0.4 is 9.47 Å². The van der Waals surface area contributed by atoms with Gasteiger partial charge in [0.2, 0.25) is 0 Å². The van der Waals surface area contributed by atoms with Crippen molar-refractivity contribution in [1.29, 1.82) is 0 Å². The van der Waals surface area contributed by atoms with Crippen molar-refractivity contribution < 1.29 is 19.4 Å². The number of aromatic hydroxyl groups is 1. The smallest absolute Gasteiger partial charge is 0.311 e. The molecule has 0 bridgehead atoms. The maximum atomic E-state index is 12.5. The molecule has 8 heteroatoms. The molecule has 0 fully saturated rings. The summed E-state index contributed by atoms with van der Waals surface area (Å²) >= 11 is 1.05. The quantitative estimate of drug-likeness (QED) is 0.487. The number of carbonyl (C=O) groups is 1. The lowest BCUT2D eigenvalue weighted by Crippen LogP contribution is -2.26. The molecule has 7 nitrogen and oxygen atoms in total. The van der Waals surface area contributed by atoms with E-state index in [4.69, 9.17) is 14.6 Å². The number of thioether (sulfide) groups is 1. The number of carbonyl (C=O) groups excluding carboxylic acids is 1. The summed E-state index contributed by atoms with van der Waals surface area (Å²) in [6.07, 6.45) is 2.42. The van der Waals surface area contributed by atoms with Gasteiger partial charge in [0.25, 0.3) is 0 Å². The Labute approximate surface area is 207 Å². The van der Waals surface area contributed by atoms with Crippen LogP contribution in [0, 0.1) is 0 Å². The third kappa shape index (κ3) is 4.52. The van der Waals surface area contributed by atoms with Gasteiger partial charge in [0.1, 0.15) is 17.2 Å². The van der Waals surface area contributed by atoms with Crippen LogP contribution in [0.3, 0.4) is 0 Å². The van der Waals surface area contributed by atoms with Gasteiger partial charge in [0, 0.05) is 17.5 Å². The van der Waals surface area contributed by atoms with Crippen molar-refractivity contribution >= 4 is 34.6 Å². The summed E-state index contributed by atoms with van der Waals surface area (Å²) in [5, 5.41) is 17.0. The summed E-state index contributed by atoms with van der Waals surface area (Å²) in [4.78, 5) is 17.4. The summed E-state index contributed by atoms with van der Waals surface area (Å²) in [7, 11) is 3.24. The number of ether oxygens (including phenoxy) is 2. The molecule has 0 radical (unpaired) electrons. The van der Waals surface area contributed by atoms with Crippen LogP contribution in [0.25, 0.3) is 6.08 Å². The lowest BCUT2D eigenvalue weighted by Gasteiger charge is -2.24. The summed E-state index contributed by atoms with van der Waals surface area (Å²) < 4.78 is 10.8. The third-order valence-electron chi connectivity index (χ3n) is 5.89. The van der Waals surface area contributed by atoms with Crippen LogP contribution in [0.15, 0.2) is 87.8 Å². The first-order valence-electron chi connectivity index (χ1n) is 11.0. The van der Waals surface area contributed by atoms with E-state index in [9.17, 15) is 9.90 Å². The van der Waals surface area contributed by atoms with E-state index < -0.39 is 0 Å². The number of phenols is 1. The number of amidine groups is 1. The molecular weight excluding hydrogens is 462 g/mol. The largest absolute Gasteiger partial charge is 0.508 e. The fraction of sp³-hybridized carbons (Fsp3) is 0.148. The number of rotatable bonds is 5. The van der Waals surface area contributed by atoms with Crippen molar-refractivity contribution in [2.45, 2.75) is 12.5 Å². The van der Waals surface area contributed by atoms with Gasteiger partial charge >= 0.3 is 5.24 Å². The average Bonchev–Trinajstić information content (AvgIpc) is 3.48. The number of hydrogen-bond acceptors (Lipinski definition) is 7. The maximum absolute atomic E-state index is 12.5. The number of benzene rings is 3. The normalized spacial score (nSPS) is 18.6. The summed E-state index contributed by atoms with van der Waals surface area (Å²) in [6, 6.07) is 22.1. The van der Waals surface area contributed by atoms with Crippen molar-refractivity contribution in [3.05, 3.63) is 94.4 Å². The van der Waals surface area contributed by atoms with Crippen LogP contribution in [0.1, 0.15) is 29.2 Å². The van der Waals surface area contributed by atoms with E-state index in [0.29, 0.717) is 28.5 Å². The van der Waals surface area contributed by atoms with E-state index in [-0.39, 0.29) is 17.0 Å². The zero-order valence-corrected chi connectivity index (χ0v) is 20.0. The molecule has 1 N–H and O–H groups in total. The second kappa shape index (κ2) is 9.68. The average molecular weight is 486 g/mol. The van der Waals surface area contributed by atoms with E-state index in [1.807, 2.05) is 66.7 Å². The first kappa shape index (κ1) is 22.7. The highest BCUT2D eigenvalue weighted by Crippen LogP contribution is 2.42. The van der Waals surface area contributed by atoms with Gasteiger partial charge in [-0.05, 0) is 59.8 Å². The summed E-state index contributed by atoms with van der Waals surface area (Å²) in [5.74, 6) is 2.07. The molecule has 1 amide bonds. The predicted molar refractivity (Wildman–Crippen MR) is 138 cm³/mol. The zero-order valence-electron chi connectivity index (χ0n) is 19.2. The Morgan fingerprint density at radius 1 is 1.00 bits per heavy atom. The van der Waals surface area contributed by atoms with E-state index in [1.54, 1.807) is 31.4 Å². The Kier molecular flexibility index (Phi) is 6.29. The predicted octanol–water partition coefficient (Wildman–Crippen LogP) is 5.87. The number of para-hydroxylation sites is 2. The molecule has 176 valence electrons. The Hall–Kier alpha value is -4.04. The maximum Gasteiger partial charge on any atom is 0.311 e. The monoisotopic (exact) mass is 485 g/mol. The fourth-order valence-corrected chi connectivity index (χ4v) is 4.90. The van der Waals surface area contributed by atoms with Gasteiger partial charge in [-0.3, -0.25) is 4.79 Å². The lowest BCUT2D eigenvalue weighted by molar-refractivity contribution is 0.267. The molecule has 1 unspecified atom stereocenters. The summed E-state index contributed by atoms with van der Waals surface area (Å²) in [6.45, 7) is 0. The first-order chi connectivity index (χ1) is 17.1. The highest BCUT2D eigenvalue weighted by atomic mass is 32.2. The molecule has 3 aromatic rings. The highest BCUT2D eigenvalue weighted by Gasteiger charge is 2.38. The standard InChI is InChI=1S/C27H23N3O4S/c1-33-19-13-11-17(12-14-19)21-16-22(20-8-4-5-9-23(20)31)30(29-21)26-25(35-27(32)28-26)15-18-7-3-6-10-24(18)34-2/h3-15,22,31H,16H2,1-2H3/b25-15-. The van der Waals surface area contributed by atoms with E-state index in [0.717, 1.165) is 34.3 Å². The van der Waals surface area contributed by atoms with Crippen molar-refractivity contribution in [2.75, 3.05) is 14.2 Å². The first-order valence-corrected chi connectivity index (χ1v) is 11.8. The number of hydrazone groups is 1. The minimum atomic E-state index is -0.334. The fourth-order valence-electron chi connectivity index (χ4n) is 4.16. The minimum Gasteiger partial charge on any atom is -0.508 e. The van der Waals surface area contributed by atoms with E-state index in [2.05, 4.69) is 4.99 Å². The number of hydrogen-bond donors (Lipinski definition) is 1. The van der Waals surface area contributed by atoms with Gasteiger partial charge in [-0.15, -0.1) is 0 Å². The van der Waals surface area contributed by atoms with Gasteiger partial charge in [0.15, 0.2) is 5.84 Å². The Balaban J connectivity index is 1.59. The van der Waals surface area contributed by atoms with E-state index in [1.165, 1.54) is 0 Å². The van der Waals surface area contributed by atoms with E-state index >= 15 is 0 Å². The van der Waals surface area contributed by atoms with Crippen LogP contribution in [-0.2, 0) is 0 Å². The second-order valence-corrected chi connectivity index (χ2v) is 8.95. The van der Waals surface area contributed by atoms with Crippen LogP contribution in [0.2, 0.25) is 0 Å². The van der Waals surface area contributed by atoms with Crippen molar-refractivity contribution in [1.82, 2.24) is 5.01 Å². The summed E-state index contributed by atoms with van der Waals surface area (Å²) in [5.41, 5.74) is 3.30. The molecule has 5 rings (SSSR count). The van der Waals surface area contributed by atoms with Crippen molar-refractivity contribution in [3.63, 3.8) is 0 Å². The van der Waals surface area contributed by atoms with Crippen LogP contribution >= 0.6 is 11.8 Å². The minimum absolute atomic E-state index is 0.168. The molecular formula is C27H23N3O4S. The highest BCUT2D eigenvalue weighted by molar-refractivity contribution is 8.18. The third-order valence-corrected chi connectivity index (χ3v) is 6.67. The Bertz CT molecular complexity index is 1360. The molecule has 0 spiro atoms. The topological polar surface area (TPSA) is 83.7 Å². The van der Waals surface area contributed by atoms with Crippen LogP contribution in [0.4, 0.5) is 4.79 Å². The molecule has 1 atom stereocenters. The van der Waals surface area contributed by atoms with Gasteiger partial charge in [-0.1, -0.05) is 36.4 Å². The van der Waals surface area contributed by atoms with Crippen molar-refractivity contribution in [3.8, 4) is 17.2 Å². The van der Waals surface area contributed by atoms with Gasteiger partial charge in [0.05, 0.1) is 30.9 Å². The van der Waals surface area contributed by atoms with Gasteiger partial charge < -0.3 is 14.6 Å². The van der Waals surface area contributed by atoms with Gasteiger partial charge in [-0.25, -0.2) is 5.01 Å². The molecule has 0 aliphatic carbocycles. The molecule has 2 aliphatic heterocycles. The lowest BCUT2D eigenvalue weighted by atomic mass is 9.97. The Morgan fingerprint density at radius 2 is 1.74 bits per heavy atom. The molecule has 2 aliphatic rings. The van der Waals surface area contributed by atoms with Gasteiger partial charge in [-0.2, -0.15) is 10.1 Å². The molecule has 0 saturated heterocycles. The van der Waals surface area contributed by atoms with Crippen LogP contribution in [-0.4, -0.2) is 41.1 Å². The number of amides is 1. The molecule has 2 heterocycles. The Morgan fingerprint density at radius 3 is 2.49 bits per heavy atom. The molecule has 0 saturated carbocycles. The number of aliphatic imine (C=N–C) groups is 1. The second-order valence-electron chi connectivity index (χ2n) is 7.95. The number of phenolic OH excluding ortho intramolecular Hbond substituents is 1.